The van der Waals surface area contributed by atoms with Crippen molar-refractivity contribution in [2.24, 2.45) is 0 Å². The zero-order valence-electron chi connectivity index (χ0n) is 14.7. The first-order chi connectivity index (χ1) is 12.9. The Morgan fingerprint density at radius 1 is 1.26 bits per heavy atom. The lowest BCUT2D eigenvalue weighted by Crippen LogP contribution is -2.44. The molecule has 2 rings (SSSR count). The largest absolute Gasteiger partial charge is 0.339 e. The number of rotatable bonds is 8. The summed E-state index contributed by atoms with van der Waals surface area (Å²) in [5, 5.41) is 6.13. The summed E-state index contributed by atoms with van der Waals surface area (Å²) in [5.41, 5.74) is 0.706. The van der Waals surface area contributed by atoms with Crippen molar-refractivity contribution in [3.8, 4) is 0 Å². The normalized spacial score (nSPS) is 11.7. The van der Waals surface area contributed by atoms with Crippen molar-refractivity contribution in [3.05, 3.63) is 45.7 Å². The summed E-state index contributed by atoms with van der Waals surface area (Å²) in [6.07, 6.45) is 5.61. The number of thioether (sulfide) groups is 2. The van der Waals surface area contributed by atoms with E-state index in [-0.39, 0.29) is 16.6 Å². The highest BCUT2D eigenvalue weighted by molar-refractivity contribution is 9.10. The van der Waals surface area contributed by atoms with Crippen LogP contribution in [0.15, 0.2) is 40.1 Å². The van der Waals surface area contributed by atoms with E-state index in [0.717, 1.165) is 4.47 Å². The molecule has 0 saturated carbocycles. The molecule has 1 aromatic carbocycles. The van der Waals surface area contributed by atoms with Gasteiger partial charge in [-0.3, -0.25) is 9.59 Å². The van der Waals surface area contributed by atoms with Crippen molar-refractivity contribution in [1.29, 1.82) is 0 Å². The molecule has 0 bridgehead atoms. The number of benzene rings is 1. The average Bonchev–Trinajstić information content (AvgIpc) is 2.67. The number of anilines is 1. The van der Waals surface area contributed by atoms with E-state index in [4.69, 9.17) is 11.6 Å². The molecule has 0 radical (unpaired) electrons. The van der Waals surface area contributed by atoms with E-state index in [1.165, 1.54) is 18.0 Å². The fourth-order valence-electron chi connectivity index (χ4n) is 2.10. The van der Waals surface area contributed by atoms with E-state index in [1.54, 1.807) is 30.2 Å². The summed E-state index contributed by atoms with van der Waals surface area (Å²) in [6, 6.07) is 6.51. The minimum atomic E-state index is -0.711. The molecule has 27 heavy (non-hydrogen) atoms. The monoisotopic (exact) mass is 488 g/mol. The molecular weight excluding hydrogens is 472 g/mol. The van der Waals surface area contributed by atoms with E-state index in [0.29, 0.717) is 23.0 Å². The first-order valence-corrected chi connectivity index (χ1v) is 11.7. The topological polar surface area (TPSA) is 84.0 Å². The Balaban J connectivity index is 2.14. The van der Waals surface area contributed by atoms with Gasteiger partial charge in [0.2, 0.25) is 5.91 Å². The van der Waals surface area contributed by atoms with Crippen LogP contribution in [0.25, 0.3) is 0 Å². The Hall–Kier alpha value is -1.29. The Morgan fingerprint density at radius 3 is 2.59 bits per heavy atom. The molecule has 0 aliphatic heterocycles. The molecule has 2 amide bonds. The average molecular weight is 490 g/mol. The van der Waals surface area contributed by atoms with Crippen LogP contribution in [0.2, 0.25) is 5.02 Å². The van der Waals surface area contributed by atoms with Crippen LogP contribution >= 0.6 is 51.1 Å². The van der Waals surface area contributed by atoms with Gasteiger partial charge >= 0.3 is 0 Å². The standard InChI is InChI=1S/C17H18BrClN4O2S2/c1-26-8-7-13(15(24)21-11-5-3-10(18)4-6-11)22-16(25)14-12(19)9-20-17(23-14)27-2/h3-6,9,13H,7-8H2,1-2H3,(H,21,24)(H,22,25). The fourth-order valence-corrected chi connectivity index (χ4v) is 3.36. The number of hydrogen-bond acceptors (Lipinski definition) is 6. The second-order valence-corrected chi connectivity index (χ2v) is 8.44. The van der Waals surface area contributed by atoms with Crippen LogP contribution in [0.1, 0.15) is 16.9 Å². The van der Waals surface area contributed by atoms with Crippen molar-refractivity contribution >= 4 is 68.6 Å². The van der Waals surface area contributed by atoms with Crippen LogP contribution < -0.4 is 10.6 Å². The molecule has 0 fully saturated rings. The lowest BCUT2D eigenvalue weighted by atomic mass is 10.2. The van der Waals surface area contributed by atoms with Crippen LogP contribution in [0, 0.1) is 0 Å². The maximum Gasteiger partial charge on any atom is 0.272 e. The van der Waals surface area contributed by atoms with Crippen molar-refractivity contribution in [1.82, 2.24) is 15.3 Å². The van der Waals surface area contributed by atoms with E-state index in [1.807, 2.05) is 18.4 Å². The van der Waals surface area contributed by atoms with Gasteiger partial charge in [0, 0.05) is 10.2 Å². The van der Waals surface area contributed by atoms with E-state index in [2.05, 4.69) is 36.5 Å². The SMILES string of the molecule is CSCCC(NC(=O)c1nc(SC)ncc1Cl)C(=O)Nc1ccc(Br)cc1. The molecule has 144 valence electrons. The highest BCUT2D eigenvalue weighted by Gasteiger charge is 2.23. The van der Waals surface area contributed by atoms with E-state index >= 15 is 0 Å². The van der Waals surface area contributed by atoms with Crippen LogP contribution in [0.4, 0.5) is 5.69 Å². The summed E-state index contributed by atoms with van der Waals surface area (Å²) in [6.45, 7) is 0. The third-order valence-corrected chi connectivity index (χ3v) is 5.47. The Bertz CT molecular complexity index is 808. The number of nitrogens with zero attached hydrogens (tertiary/aromatic N) is 2. The fraction of sp³-hybridized carbons (Fsp3) is 0.294. The Kier molecular flexibility index (Phi) is 8.88. The van der Waals surface area contributed by atoms with Gasteiger partial charge in [0.15, 0.2) is 10.9 Å². The predicted molar refractivity (Wildman–Crippen MR) is 116 cm³/mol. The van der Waals surface area contributed by atoms with Crippen molar-refractivity contribution in [2.75, 3.05) is 23.6 Å². The van der Waals surface area contributed by atoms with Gasteiger partial charge in [-0.25, -0.2) is 9.97 Å². The molecular formula is C17H18BrClN4O2S2. The number of carbonyl (C=O) groups is 2. The highest BCUT2D eigenvalue weighted by atomic mass is 79.9. The molecule has 1 aromatic heterocycles. The summed E-state index contributed by atoms with van der Waals surface area (Å²) < 4.78 is 0.913. The van der Waals surface area contributed by atoms with Gasteiger partial charge in [-0.2, -0.15) is 11.8 Å². The van der Waals surface area contributed by atoms with E-state index < -0.39 is 11.9 Å². The number of hydrogen-bond donors (Lipinski definition) is 2. The first-order valence-electron chi connectivity index (χ1n) is 7.87. The van der Waals surface area contributed by atoms with Gasteiger partial charge in [0.05, 0.1) is 11.2 Å². The quantitative estimate of drug-likeness (QED) is 0.429. The van der Waals surface area contributed by atoms with Crippen LogP contribution in [0.3, 0.4) is 0 Å². The Morgan fingerprint density at radius 2 is 1.96 bits per heavy atom. The number of halogens is 2. The van der Waals surface area contributed by atoms with E-state index in [9.17, 15) is 9.59 Å². The van der Waals surface area contributed by atoms with Gasteiger partial charge in [-0.15, -0.1) is 0 Å². The van der Waals surface area contributed by atoms with Crippen LogP contribution in [0.5, 0.6) is 0 Å². The summed E-state index contributed by atoms with van der Waals surface area (Å²) in [7, 11) is 0. The van der Waals surface area contributed by atoms with Gasteiger partial charge in [-0.05, 0) is 49.0 Å². The zero-order chi connectivity index (χ0) is 19.8. The van der Waals surface area contributed by atoms with Crippen molar-refractivity contribution in [3.63, 3.8) is 0 Å². The molecule has 0 aliphatic carbocycles. The second-order valence-electron chi connectivity index (χ2n) is 5.36. The van der Waals surface area contributed by atoms with Crippen LogP contribution in [-0.2, 0) is 4.79 Å². The summed E-state index contributed by atoms with van der Waals surface area (Å²) in [4.78, 5) is 33.4. The molecule has 1 heterocycles. The highest BCUT2D eigenvalue weighted by Crippen LogP contribution is 2.18. The minimum absolute atomic E-state index is 0.0570. The molecule has 6 nitrogen and oxygen atoms in total. The molecule has 0 spiro atoms. The van der Waals surface area contributed by atoms with Crippen molar-refractivity contribution in [2.45, 2.75) is 17.6 Å². The second kappa shape index (κ2) is 10.9. The third-order valence-electron chi connectivity index (χ3n) is 3.46. The zero-order valence-corrected chi connectivity index (χ0v) is 18.6. The van der Waals surface area contributed by atoms with Gasteiger partial charge in [-0.1, -0.05) is 39.3 Å². The van der Waals surface area contributed by atoms with Gasteiger partial charge < -0.3 is 10.6 Å². The number of aromatic nitrogens is 2. The third kappa shape index (κ3) is 6.67. The molecule has 1 unspecified atom stereocenters. The minimum Gasteiger partial charge on any atom is -0.339 e. The van der Waals surface area contributed by atoms with Gasteiger partial charge in [0.25, 0.3) is 5.91 Å². The van der Waals surface area contributed by atoms with Gasteiger partial charge in [0.1, 0.15) is 6.04 Å². The molecule has 10 heteroatoms. The summed E-state index contributed by atoms with van der Waals surface area (Å²) >= 11 is 12.3. The molecule has 0 aliphatic rings. The Labute approximate surface area is 179 Å². The number of carbonyl (C=O) groups excluding carboxylic acids is 2. The number of nitrogens with one attached hydrogen (secondary N) is 2. The summed E-state index contributed by atoms with van der Waals surface area (Å²) in [5.74, 6) is -0.0866. The maximum absolute atomic E-state index is 12.7. The smallest absolute Gasteiger partial charge is 0.272 e. The molecule has 2 N–H and O–H groups in total. The number of amides is 2. The molecule has 2 aromatic rings. The molecule has 0 saturated heterocycles. The molecule has 1 atom stereocenters. The first kappa shape index (κ1) is 22.0. The van der Waals surface area contributed by atoms with Crippen LogP contribution in [-0.4, -0.2) is 46.1 Å². The predicted octanol–water partition coefficient (Wildman–Crippen LogP) is 4.10. The lowest BCUT2D eigenvalue weighted by molar-refractivity contribution is -0.118. The maximum atomic E-state index is 12.7. The van der Waals surface area contributed by atoms with Crippen molar-refractivity contribution < 1.29 is 9.59 Å². The lowest BCUT2D eigenvalue weighted by Gasteiger charge is -2.18.